The van der Waals surface area contributed by atoms with E-state index in [2.05, 4.69) is 15.1 Å². The van der Waals surface area contributed by atoms with Crippen molar-refractivity contribution in [2.24, 2.45) is 12.2 Å². The Morgan fingerprint density at radius 3 is 2.93 bits per heavy atom. The summed E-state index contributed by atoms with van der Waals surface area (Å²) in [6.07, 6.45) is 0. The van der Waals surface area contributed by atoms with Gasteiger partial charge in [-0.25, -0.2) is 9.97 Å². The molecule has 0 saturated carbocycles. The van der Waals surface area contributed by atoms with Crippen molar-refractivity contribution in [3.63, 3.8) is 0 Å². The summed E-state index contributed by atoms with van der Waals surface area (Å²) in [7, 11) is 1.87. The van der Waals surface area contributed by atoms with Crippen molar-refractivity contribution in [2.75, 3.05) is 0 Å². The van der Waals surface area contributed by atoms with Crippen LogP contribution in [0, 0.1) is 11.8 Å². The van der Waals surface area contributed by atoms with E-state index in [1.54, 1.807) is 6.07 Å². The zero-order valence-corrected chi connectivity index (χ0v) is 9.12. The van der Waals surface area contributed by atoms with Crippen LogP contribution in [0.25, 0.3) is 11.2 Å². The van der Waals surface area contributed by atoms with Gasteiger partial charge in [-0.1, -0.05) is 16.8 Å². The lowest BCUT2D eigenvalue weighted by atomic mass is 10.3. The van der Waals surface area contributed by atoms with Crippen LogP contribution in [-0.2, 0) is 13.6 Å². The lowest BCUT2D eigenvalue weighted by Gasteiger charge is -1.99. The van der Waals surface area contributed by atoms with Gasteiger partial charge in [0.25, 0.3) is 0 Å². The Hall–Kier alpha value is -1.49. The van der Waals surface area contributed by atoms with Crippen molar-refractivity contribution in [3.8, 4) is 0 Å². The Morgan fingerprint density at radius 1 is 1.53 bits per heavy atom. The van der Waals surface area contributed by atoms with E-state index in [0.29, 0.717) is 16.4 Å². The standard InChI is InChI=1S/C9H9ClN4O/c1-5-12-7-3-6(4-11-15)8(10)13-9(7)14(5)2/h3H,4H2,1-2H3. The van der Waals surface area contributed by atoms with Gasteiger partial charge in [0, 0.05) is 12.6 Å². The lowest BCUT2D eigenvalue weighted by molar-refractivity contribution is 0.873. The molecule has 2 heterocycles. The van der Waals surface area contributed by atoms with Crippen LogP contribution < -0.4 is 0 Å². The van der Waals surface area contributed by atoms with Crippen LogP contribution in [0.2, 0.25) is 5.15 Å². The van der Waals surface area contributed by atoms with Crippen LogP contribution in [0.15, 0.2) is 11.2 Å². The Bertz CT molecular complexity index is 534. The molecule has 6 heteroatoms. The minimum Gasteiger partial charge on any atom is -0.316 e. The molecule has 0 atom stereocenters. The van der Waals surface area contributed by atoms with Crippen LogP contribution in [0.4, 0.5) is 0 Å². The molecule has 2 rings (SSSR count). The van der Waals surface area contributed by atoms with Crippen LogP contribution >= 0.6 is 11.6 Å². The van der Waals surface area contributed by atoms with Gasteiger partial charge in [0.1, 0.15) is 23.0 Å². The van der Waals surface area contributed by atoms with Crippen molar-refractivity contribution in [1.82, 2.24) is 14.5 Å². The minimum atomic E-state index is 0.0252. The largest absolute Gasteiger partial charge is 0.316 e. The summed E-state index contributed by atoms with van der Waals surface area (Å²) in [5.41, 5.74) is 2.06. The third-order valence-corrected chi connectivity index (χ3v) is 2.66. The number of hydrogen-bond donors (Lipinski definition) is 0. The van der Waals surface area contributed by atoms with Gasteiger partial charge in [0.15, 0.2) is 5.65 Å². The number of pyridine rings is 1. The van der Waals surface area contributed by atoms with Gasteiger partial charge in [-0.2, -0.15) is 4.91 Å². The first-order valence-electron chi connectivity index (χ1n) is 4.41. The number of nitroso groups, excluding NO2 is 1. The molecule has 0 saturated heterocycles. The smallest absolute Gasteiger partial charge is 0.161 e. The quantitative estimate of drug-likeness (QED) is 0.580. The number of hydrogen-bond acceptors (Lipinski definition) is 4. The molecule has 0 fully saturated rings. The predicted octanol–water partition coefficient (Wildman–Crippen LogP) is 2.20. The lowest BCUT2D eigenvalue weighted by Crippen LogP contribution is -1.94. The van der Waals surface area contributed by atoms with Gasteiger partial charge >= 0.3 is 0 Å². The first kappa shape index (κ1) is 10.0. The van der Waals surface area contributed by atoms with Crippen molar-refractivity contribution in [2.45, 2.75) is 13.5 Å². The fourth-order valence-electron chi connectivity index (χ4n) is 1.42. The zero-order chi connectivity index (χ0) is 11.0. The van der Waals surface area contributed by atoms with Crippen molar-refractivity contribution >= 4 is 22.8 Å². The van der Waals surface area contributed by atoms with Gasteiger partial charge in [-0.3, -0.25) is 0 Å². The first-order valence-corrected chi connectivity index (χ1v) is 4.79. The molecule has 0 aromatic carbocycles. The third kappa shape index (κ3) is 1.59. The van der Waals surface area contributed by atoms with E-state index in [1.165, 1.54) is 0 Å². The maximum Gasteiger partial charge on any atom is 0.161 e. The molecule has 0 aliphatic carbocycles. The number of halogens is 1. The fourth-order valence-corrected chi connectivity index (χ4v) is 1.62. The highest BCUT2D eigenvalue weighted by molar-refractivity contribution is 6.30. The highest BCUT2D eigenvalue weighted by Crippen LogP contribution is 2.21. The van der Waals surface area contributed by atoms with Crippen LogP contribution in [0.1, 0.15) is 11.4 Å². The van der Waals surface area contributed by atoms with E-state index >= 15 is 0 Å². The summed E-state index contributed by atoms with van der Waals surface area (Å²) >= 11 is 5.91. The Kier molecular flexibility index (Phi) is 2.40. The minimum absolute atomic E-state index is 0.0252. The average Bonchev–Trinajstić information content (AvgIpc) is 2.46. The molecular formula is C9H9ClN4O. The molecule has 2 aromatic heterocycles. The third-order valence-electron chi connectivity index (χ3n) is 2.33. The second-order valence-electron chi connectivity index (χ2n) is 3.29. The molecule has 0 unspecified atom stereocenters. The molecule has 15 heavy (non-hydrogen) atoms. The molecular weight excluding hydrogens is 216 g/mol. The molecule has 0 aliphatic heterocycles. The maximum absolute atomic E-state index is 10.2. The maximum atomic E-state index is 10.2. The fraction of sp³-hybridized carbons (Fsp3) is 0.333. The topological polar surface area (TPSA) is 60.1 Å². The van der Waals surface area contributed by atoms with E-state index in [9.17, 15) is 4.91 Å². The summed E-state index contributed by atoms with van der Waals surface area (Å²) in [6.45, 7) is 1.91. The summed E-state index contributed by atoms with van der Waals surface area (Å²) in [6, 6.07) is 1.75. The second kappa shape index (κ2) is 3.58. The van der Waals surface area contributed by atoms with E-state index in [0.717, 1.165) is 11.3 Å². The van der Waals surface area contributed by atoms with Crippen molar-refractivity contribution in [3.05, 3.63) is 27.5 Å². The summed E-state index contributed by atoms with van der Waals surface area (Å²) in [5.74, 6) is 0.852. The highest BCUT2D eigenvalue weighted by Gasteiger charge is 2.10. The first-order chi connectivity index (χ1) is 7.13. The Balaban J connectivity index is 2.70. The highest BCUT2D eigenvalue weighted by atomic mass is 35.5. The van der Waals surface area contributed by atoms with E-state index in [1.807, 2.05) is 18.5 Å². The molecule has 0 aliphatic rings. The van der Waals surface area contributed by atoms with Crippen molar-refractivity contribution in [1.29, 1.82) is 0 Å². The van der Waals surface area contributed by atoms with Crippen LogP contribution in [-0.4, -0.2) is 14.5 Å². The van der Waals surface area contributed by atoms with Gasteiger partial charge in [-0.05, 0) is 13.0 Å². The summed E-state index contributed by atoms with van der Waals surface area (Å²) in [4.78, 5) is 18.6. The van der Waals surface area contributed by atoms with Crippen LogP contribution in [0.3, 0.4) is 0 Å². The van der Waals surface area contributed by atoms with E-state index < -0.39 is 0 Å². The normalized spacial score (nSPS) is 10.9. The van der Waals surface area contributed by atoms with Gasteiger partial charge < -0.3 is 4.57 Å². The number of nitrogens with zero attached hydrogens (tertiary/aromatic N) is 4. The zero-order valence-electron chi connectivity index (χ0n) is 8.36. The van der Waals surface area contributed by atoms with Gasteiger partial charge in [-0.15, -0.1) is 0 Å². The van der Waals surface area contributed by atoms with Crippen molar-refractivity contribution < 1.29 is 0 Å². The molecule has 0 radical (unpaired) electrons. The number of aryl methyl sites for hydroxylation is 2. The van der Waals surface area contributed by atoms with Gasteiger partial charge in [0.05, 0.1) is 0 Å². The number of aromatic nitrogens is 3. The molecule has 78 valence electrons. The Labute approximate surface area is 91.1 Å². The van der Waals surface area contributed by atoms with E-state index in [4.69, 9.17) is 11.6 Å². The molecule has 2 aromatic rings. The molecule has 0 N–H and O–H groups in total. The molecule has 0 bridgehead atoms. The number of imidazole rings is 1. The predicted molar refractivity (Wildman–Crippen MR) is 57.8 cm³/mol. The second-order valence-corrected chi connectivity index (χ2v) is 3.64. The molecule has 5 nitrogen and oxygen atoms in total. The SMILES string of the molecule is Cc1nc2cc(CN=O)c(Cl)nc2n1C. The Morgan fingerprint density at radius 2 is 2.27 bits per heavy atom. The summed E-state index contributed by atoms with van der Waals surface area (Å²) < 4.78 is 1.85. The van der Waals surface area contributed by atoms with Crippen LogP contribution in [0.5, 0.6) is 0 Å². The van der Waals surface area contributed by atoms with E-state index in [-0.39, 0.29) is 6.54 Å². The monoisotopic (exact) mass is 224 g/mol. The van der Waals surface area contributed by atoms with Gasteiger partial charge in [0.2, 0.25) is 0 Å². The molecule has 0 spiro atoms. The number of fused-ring (bicyclic) bond motifs is 1. The average molecular weight is 225 g/mol. The molecule has 0 amide bonds. The summed E-state index contributed by atoms with van der Waals surface area (Å²) in [5, 5.41) is 3.10. The number of rotatable bonds is 2.